The van der Waals surface area contributed by atoms with Gasteiger partial charge in [0.05, 0.1) is 11.9 Å². The Kier molecular flexibility index (Phi) is 3.23. The normalized spacial score (nSPS) is 20.3. The van der Waals surface area contributed by atoms with Crippen LogP contribution in [-0.2, 0) is 0 Å². The molecule has 7 nitrogen and oxygen atoms in total. The van der Waals surface area contributed by atoms with Gasteiger partial charge in [-0.2, -0.15) is 0 Å². The van der Waals surface area contributed by atoms with E-state index in [0.29, 0.717) is 6.67 Å². The van der Waals surface area contributed by atoms with Crippen LogP contribution >= 0.6 is 0 Å². The molecule has 1 aromatic rings. The van der Waals surface area contributed by atoms with Gasteiger partial charge in [0, 0.05) is 31.6 Å². The summed E-state index contributed by atoms with van der Waals surface area (Å²) in [5, 5.41) is 11.2. The van der Waals surface area contributed by atoms with E-state index in [1.807, 2.05) is 10.8 Å². The van der Waals surface area contributed by atoms with Gasteiger partial charge in [0.15, 0.2) is 5.84 Å². The van der Waals surface area contributed by atoms with E-state index >= 15 is 0 Å². The van der Waals surface area contributed by atoms with Gasteiger partial charge in [-0.25, -0.2) is 15.0 Å². The highest BCUT2D eigenvalue weighted by Gasteiger charge is 2.36. The summed E-state index contributed by atoms with van der Waals surface area (Å²) in [7, 11) is 0. The van der Waals surface area contributed by atoms with Crippen LogP contribution in [0.25, 0.3) is 0 Å². The molecule has 7 heteroatoms. The lowest BCUT2D eigenvalue weighted by Gasteiger charge is -2.39. The summed E-state index contributed by atoms with van der Waals surface area (Å²) >= 11 is 0. The molecule has 0 saturated heterocycles. The van der Waals surface area contributed by atoms with Crippen LogP contribution in [-0.4, -0.2) is 48.7 Å². The number of hydrogen-bond donors (Lipinski definition) is 1. The molecule has 0 aromatic carbocycles. The number of imidazole rings is 1. The van der Waals surface area contributed by atoms with Gasteiger partial charge < -0.3 is 9.80 Å². The molecule has 1 aromatic heterocycles. The van der Waals surface area contributed by atoms with E-state index in [0.717, 1.165) is 42.4 Å². The van der Waals surface area contributed by atoms with Crippen LogP contribution in [0.15, 0.2) is 58.9 Å². The van der Waals surface area contributed by atoms with E-state index < -0.39 is 0 Å². The number of fused-ring (bicyclic) bond motifs is 2. The molecule has 0 atom stereocenters. The second kappa shape index (κ2) is 5.27. The molecule has 3 aliphatic rings. The van der Waals surface area contributed by atoms with Crippen LogP contribution in [0.3, 0.4) is 0 Å². The van der Waals surface area contributed by atoms with Crippen molar-refractivity contribution in [2.45, 2.75) is 26.7 Å². The number of nitrogens with zero attached hydrogens (tertiary/aromatic N) is 6. The minimum atomic E-state index is 0.412. The molecular formula is C16H20N6O. The number of hydrogen-bond acceptors (Lipinski definition) is 6. The summed E-state index contributed by atoms with van der Waals surface area (Å²) in [5.74, 6) is 1.87. The first-order valence-electron chi connectivity index (χ1n) is 7.86. The lowest BCUT2D eigenvalue weighted by molar-refractivity contribution is -0.0533. The van der Waals surface area contributed by atoms with Gasteiger partial charge in [-0.3, -0.25) is 9.77 Å². The zero-order valence-corrected chi connectivity index (χ0v) is 13.3. The fraction of sp³-hybridized carbons (Fsp3) is 0.375. The smallest absolute Gasteiger partial charge is 0.164 e. The van der Waals surface area contributed by atoms with Crippen molar-refractivity contribution in [2.24, 2.45) is 4.99 Å². The number of aromatic nitrogens is 2. The van der Waals surface area contributed by atoms with Crippen LogP contribution in [0.1, 0.15) is 26.7 Å². The molecule has 0 saturated carbocycles. The average Bonchev–Trinajstić information content (AvgIpc) is 3.14. The van der Waals surface area contributed by atoms with Crippen LogP contribution < -0.4 is 0 Å². The standard InChI is InChI=1S/C16H20N6O/c1-3-5-19-8-12(2)7-13-16(19)22-11-21(23)9-14(22)15(18-13)20-6-4-17-10-20/h4,6,8-10,23H,3,5,7,11H2,1-2H3. The molecule has 0 amide bonds. The van der Waals surface area contributed by atoms with Gasteiger partial charge in [-0.1, -0.05) is 12.5 Å². The largest absolute Gasteiger partial charge is 0.333 e. The molecule has 3 aliphatic heterocycles. The van der Waals surface area contributed by atoms with Crippen molar-refractivity contribution in [1.82, 2.24) is 24.4 Å². The number of aliphatic imine (C=N–C) groups is 1. The maximum atomic E-state index is 10.0. The van der Waals surface area contributed by atoms with E-state index in [1.165, 1.54) is 10.6 Å². The second-order valence-electron chi connectivity index (χ2n) is 6.04. The lowest BCUT2D eigenvalue weighted by atomic mass is 10.1. The first-order chi connectivity index (χ1) is 11.2. The maximum absolute atomic E-state index is 10.0. The molecule has 0 aliphatic carbocycles. The molecule has 4 heterocycles. The fourth-order valence-corrected chi connectivity index (χ4v) is 3.29. The summed E-state index contributed by atoms with van der Waals surface area (Å²) in [6, 6.07) is 0. The lowest BCUT2D eigenvalue weighted by Crippen LogP contribution is -2.41. The Hall–Kier alpha value is -2.54. The monoisotopic (exact) mass is 312 g/mol. The third kappa shape index (κ3) is 2.24. The topological polar surface area (TPSA) is 60.1 Å². The highest BCUT2D eigenvalue weighted by Crippen LogP contribution is 2.37. The predicted octanol–water partition coefficient (Wildman–Crippen LogP) is 2.14. The second-order valence-corrected chi connectivity index (χ2v) is 6.04. The first-order valence-corrected chi connectivity index (χ1v) is 7.86. The zero-order chi connectivity index (χ0) is 16.0. The van der Waals surface area contributed by atoms with E-state index in [-0.39, 0.29) is 0 Å². The molecule has 120 valence electrons. The maximum Gasteiger partial charge on any atom is 0.164 e. The van der Waals surface area contributed by atoms with Crippen molar-refractivity contribution in [3.05, 3.63) is 53.9 Å². The Bertz CT molecular complexity index is 743. The van der Waals surface area contributed by atoms with Crippen LogP contribution in [0.5, 0.6) is 0 Å². The van der Waals surface area contributed by atoms with Crippen molar-refractivity contribution < 1.29 is 5.21 Å². The Morgan fingerprint density at radius 2 is 2.17 bits per heavy atom. The highest BCUT2D eigenvalue weighted by atomic mass is 16.5. The molecule has 0 fully saturated rings. The minimum Gasteiger partial charge on any atom is -0.333 e. The van der Waals surface area contributed by atoms with Crippen LogP contribution in [0, 0.1) is 0 Å². The van der Waals surface area contributed by atoms with E-state index in [1.54, 1.807) is 18.7 Å². The van der Waals surface area contributed by atoms with Gasteiger partial charge in [-0.15, -0.1) is 0 Å². The fourth-order valence-electron chi connectivity index (χ4n) is 3.29. The van der Waals surface area contributed by atoms with Crippen molar-refractivity contribution in [2.75, 3.05) is 13.2 Å². The third-order valence-corrected chi connectivity index (χ3v) is 4.14. The highest BCUT2D eigenvalue weighted by molar-refractivity contribution is 6.01. The predicted molar refractivity (Wildman–Crippen MR) is 85.9 cm³/mol. The van der Waals surface area contributed by atoms with Gasteiger partial charge in [0.1, 0.15) is 24.5 Å². The minimum absolute atomic E-state index is 0.412. The van der Waals surface area contributed by atoms with E-state index in [4.69, 9.17) is 4.99 Å². The van der Waals surface area contributed by atoms with Gasteiger partial charge in [-0.05, 0) is 13.3 Å². The summed E-state index contributed by atoms with van der Waals surface area (Å²) < 4.78 is 1.89. The number of hydroxylamine groups is 2. The summed E-state index contributed by atoms with van der Waals surface area (Å²) in [5.41, 5.74) is 3.21. The average molecular weight is 312 g/mol. The Labute approximate surface area is 135 Å². The van der Waals surface area contributed by atoms with Crippen molar-refractivity contribution in [3.8, 4) is 0 Å². The van der Waals surface area contributed by atoms with Gasteiger partial charge in [0.25, 0.3) is 0 Å². The van der Waals surface area contributed by atoms with Crippen molar-refractivity contribution in [3.63, 3.8) is 0 Å². The third-order valence-electron chi connectivity index (χ3n) is 4.14. The molecular weight excluding hydrogens is 292 g/mol. The Morgan fingerprint density at radius 1 is 1.30 bits per heavy atom. The summed E-state index contributed by atoms with van der Waals surface area (Å²) in [6.45, 7) is 5.64. The Morgan fingerprint density at radius 3 is 2.91 bits per heavy atom. The molecule has 0 unspecified atom stereocenters. The molecule has 1 N–H and O–H groups in total. The summed E-state index contributed by atoms with van der Waals surface area (Å²) in [6.07, 6.45) is 11.1. The van der Waals surface area contributed by atoms with Crippen LogP contribution in [0.2, 0.25) is 0 Å². The van der Waals surface area contributed by atoms with E-state index in [2.05, 4.69) is 34.8 Å². The van der Waals surface area contributed by atoms with Crippen molar-refractivity contribution >= 4 is 5.84 Å². The molecule has 0 radical (unpaired) electrons. The van der Waals surface area contributed by atoms with E-state index in [9.17, 15) is 5.21 Å². The number of allylic oxidation sites excluding steroid dienone is 2. The first kappa shape index (κ1) is 14.1. The molecule has 0 spiro atoms. The molecule has 0 bridgehead atoms. The summed E-state index contributed by atoms with van der Waals surface area (Å²) in [4.78, 5) is 13.4. The Balaban J connectivity index is 1.84. The van der Waals surface area contributed by atoms with Gasteiger partial charge in [0.2, 0.25) is 0 Å². The van der Waals surface area contributed by atoms with Gasteiger partial charge >= 0.3 is 0 Å². The van der Waals surface area contributed by atoms with Crippen LogP contribution in [0.4, 0.5) is 0 Å². The quantitative estimate of drug-likeness (QED) is 0.906. The molecule has 23 heavy (non-hydrogen) atoms. The zero-order valence-electron chi connectivity index (χ0n) is 13.3. The molecule has 4 rings (SSSR count). The number of rotatable bonds is 2. The van der Waals surface area contributed by atoms with Crippen molar-refractivity contribution in [1.29, 1.82) is 0 Å². The SMILES string of the molecule is CCCN1C=C(C)CC2=C1N1CN(O)C=C1C(n1ccnc1)=N2.